The zero-order valence-electron chi connectivity index (χ0n) is 14.9. The fraction of sp³-hybridized carbons (Fsp3) is 0.238. The fourth-order valence-corrected chi connectivity index (χ4v) is 3.39. The van der Waals surface area contributed by atoms with Gasteiger partial charge in [-0.25, -0.2) is 9.97 Å². The van der Waals surface area contributed by atoms with Crippen molar-refractivity contribution < 1.29 is 5.11 Å². The normalized spacial score (nSPS) is 15.2. The minimum atomic E-state index is -0.662. The van der Waals surface area contributed by atoms with E-state index in [1.54, 1.807) is 24.0 Å². The number of pyridine rings is 1. The number of nitrogens with zero attached hydrogens (tertiary/aromatic N) is 5. The molecule has 134 valence electrons. The van der Waals surface area contributed by atoms with Crippen LogP contribution < -0.4 is 0 Å². The van der Waals surface area contributed by atoms with Gasteiger partial charge in [-0.15, -0.1) is 0 Å². The van der Waals surface area contributed by atoms with E-state index in [9.17, 15) is 5.11 Å². The van der Waals surface area contributed by atoms with Gasteiger partial charge in [0.2, 0.25) is 0 Å². The van der Waals surface area contributed by atoms with E-state index in [-0.39, 0.29) is 0 Å². The number of rotatable bonds is 4. The summed E-state index contributed by atoms with van der Waals surface area (Å²) in [6.45, 7) is 1.71. The van der Waals surface area contributed by atoms with E-state index in [1.165, 1.54) is 18.4 Å². The molecule has 1 atom stereocenters. The monoisotopic (exact) mass is 357 g/mol. The highest BCUT2D eigenvalue weighted by molar-refractivity contribution is 5.83. The largest absolute Gasteiger partial charge is 0.387 e. The van der Waals surface area contributed by atoms with Crippen LogP contribution in [0.4, 0.5) is 0 Å². The number of para-hydroxylation sites is 1. The van der Waals surface area contributed by atoms with Crippen molar-refractivity contribution in [1.29, 1.82) is 0 Å². The van der Waals surface area contributed by atoms with E-state index in [0.29, 0.717) is 17.6 Å². The van der Waals surface area contributed by atoms with Crippen molar-refractivity contribution in [3.8, 4) is 17.2 Å². The highest BCUT2D eigenvalue weighted by Crippen LogP contribution is 2.40. The summed E-state index contributed by atoms with van der Waals surface area (Å²) in [4.78, 5) is 13.5. The number of hydrogen-bond acceptors (Lipinski definition) is 5. The second kappa shape index (κ2) is 6.25. The molecule has 1 aliphatic rings. The Morgan fingerprint density at radius 3 is 2.59 bits per heavy atom. The van der Waals surface area contributed by atoms with Crippen LogP contribution >= 0.6 is 0 Å². The Morgan fingerprint density at radius 1 is 1.07 bits per heavy atom. The second-order valence-electron chi connectivity index (χ2n) is 7.01. The van der Waals surface area contributed by atoms with Gasteiger partial charge in [-0.2, -0.15) is 9.78 Å². The van der Waals surface area contributed by atoms with Gasteiger partial charge in [-0.1, -0.05) is 18.2 Å². The van der Waals surface area contributed by atoms with Gasteiger partial charge < -0.3 is 5.11 Å². The molecule has 1 saturated carbocycles. The first-order valence-electron chi connectivity index (χ1n) is 9.15. The number of benzene rings is 1. The summed E-state index contributed by atoms with van der Waals surface area (Å²) in [6.07, 6.45) is 7.27. The quantitative estimate of drug-likeness (QED) is 0.601. The Hall–Kier alpha value is -3.12. The Kier molecular flexibility index (Phi) is 3.72. The first-order valence-corrected chi connectivity index (χ1v) is 9.15. The van der Waals surface area contributed by atoms with Gasteiger partial charge in [-0.3, -0.25) is 4.98 Å². The molecule has 4 aromatic rings. The molecule has 1 aliphatic carbocycles. The van der Waals surface area contributed by atoms with Gasteiger partial charge in [0.05, 0.1) is 23.0 Å². The van der Waals surface area contributed by atoms with Crippen LogP contribution in [0.2, 0.25) is 0 Å². The van der Waals surface area contributed by atoms with Crippen LogP contribution in [-0.2, 0) is 0 Å². The van der Waals surface area contributed by atoms with Crippen LogP contribution in [-0.4, -0.2) is 29.8 Å². The average molecular weight is 357 g/mol. The summed E-state index contributed by atoms with van der Waals surface area (Å²) in [5.41, 5.74) is 4.60. The van der Waals surface area contributed by atoms with E-state index in [2.05, 4.69) is 32.2 Å². The lowest BCUT2D eigenvalue weighted by atomic mass is 10.1. The third kappa shape index (κ3) is 2.88. The molecule has 5 rings (SSSR count). The third-order valence-corrected chi connectivity index (χ3v) is 4.97. The maximum absolute atomic E-state index is 10.0. The molecule has 0 aliphatic heterocycles. The molecule has 0 saturated heterocycles. The van der Waals surface area contributed by atoms with Crippen LogP contribution in [0.3, 0.4) is 0 Å². The summed E-state index contributed by atoms with van der Waals surface area (Å²) in [7, 11) is 0. The summed E-state index contributed by atoms with van der Waals surface area (Å²) >= 11 is 0. The average Bonchev–Trinajstić information content (AvgIpc) is 3.48. The smallest absolute Gasteiger partial charge is 0.251 e. The Balaban J connectivity index is 1.54. The van der Waals surface area contributed by atoms with Crippen molar-refractivity contribution in [2.75, 3.05) is 0 Å². The van der Waals surface area contributed by atoms with Gasteiger partial charge in [-0.05, 0) is 49.4 Å². The molecular weight excluding hydrogens is 338 g/mol. The minimum Gasteiger partial charge on any atom is -0.387 e. The van der Waals surface area contributed by atoms with Crippen LogP contribution in [0.5, 0.6) is 0 Å². The summed E-state index contributed by atoms with van der Waals surface area (Å²) in [6, 6.07) is 12.0. The molecule has 6 heteroatoms. The number of aliphatic hydroxyl groups excluding tert-OH is 1. The van der Waals surface area contributed by atoms with Crippen molar-refractivity contribution in [1.82, 2.24) is 24.7 Å². The van der Waals surface area contributed by atoms with E-state index in [4.69, 9.17) is 0 Å². The van der Waals surface area contributed by atoms with Gasteiger partial charge in [0.25, 0.3) is 5.95 Å². The lowest BCUT2D eigenvalue weighted by Gasteiger charge is -2.05. The predicted octanol–water partition coefficient (Wildman–Crippen LogP) is 3.81. The Bertz CT molecular complexity index is 1110. The molecule has 3 heterocycles. The Morgan fingerprint density at radius 2 is 1.85 bits per heavy atom. The molecule has 27 heavy (non-hydrogen) atoms. The molecule has 3 aromatic heterocycles. The SMILES string of the molecule is CC(O)c1nn(-c2ncc(-c3cc(C4CC4)ccn3)cn2)c2ccccc12. The van der Waals surface area contributed by atoms with Crippen LogP contribution in [0.25, 0.3) is 28.1 Å². The highest BCUT2D eigenvalue weighted by Gasteiger charge is 2.24. The van der Waals surface area contributed by atoms with Crippen molar-refractivity contribution in [2.24, 2.45) is 0 Å². The summed E-state index contributed by atoms with van der Waals surface area (Å²) in [5, 5.41) is 15.5. The molecule has 1 aromatic carbocycles. The first-order chi connectivity index (χ1) is 13.2. The van der Waals surface area contributed by atoms with E-state index >= 15 is 0 Å². The van der Waals surface area contributed by atoms with Crippen LogP contribution in [0, 0.1) is 0 Å². The van der Waals surface area contributed by atoms with E-state index in [1.807, 2.05) is 30.5 Å². The molecule has 1 N–H and O–H groups in total. The lowest BCUT2D eigenvalue weighted by molar-refractivity contribution is 0.195. The van der Waals surface area contributed by atoms with Crippen molar-refractivity contribution in [3.05, 3.63) is 66.2 Å². The van der Waals surface area contributed by atoms with Crippen molar-refractivity contribution >= 4 is 10.9 Å². The van der Waals surface area contributed by atoms with Crippen LogP contribution in [0.15, 0.2) is 55.0 Å². The van der Waals surface area contributed by atoms with E-state index in [0.717, 1.165) is 22.2 Å². The maximum Gasteiger partial charge on any atom is 0.251 e. The lowest BCUT2D eigenvalue weighted by Crippen LogP contribution is -2.04. The molecule has 0 amide bonds. The topological polar surface area (TPSA) is 76.7 Å². The third-order valence-electron chi connectivity index (χ3n) is 4.97. The molecule has 0 bridgehead atoms. The first kappa shape index (κ1) is 16.1. The van der Waals surface area contributed by atoms with Crippen molar-refractivity contribution in [2.45, 2.75) is 31.8 Å². The maximum atomic E-state index is 10.0. The van der Waals surface area contributed by atoms with Gasteiger partial charge >= 0.3 is 0 Å². The molecule has 0 radical (unpaired) electrons. The summed E-state index contributed by atoms with van der Waals surface area (Å²) in [5.74, 6) is 1.15. The zero-order valence-corrected chi connectivity index (χ0v) is 14.9. The number of aromatic nitrogens is 5. The molecule has 1 fully saturated rings. The second-order valence-corrected chi connectivity index (χ2v) is 7.01. The van der Waals surface area contributed by atoms with Gasteiger partial charge in [0, 0.05) is 29.5 Å². The minimum absolute atomic E-state index is 0.472. The number of hydrogen-bond donors (Lipinski definition) is 1. The van der Waals surface area contributed by atoms with Gasteiger partial charge in [0.15, 0.2) is 0 Å². The zero-order chi connectivity index (χ0) is 18.4. The predicted molar refractivity (Wildman–Crippen MR) is 102 cm³/mol. The number of aliphatic hydroxyl groups is 1. The Labute approximate surface area is 156 Å². The molecule has 0 spiro atoms. The number of fused-ring (bicyclic) bond motifs is 1. The fourth-order valence-electron chi connectivity index (χ4n) is 3.39. The highest BCUT2D eigenvalue weighted by atomic mass is 16.3. The molecule has 1 unspecified atom stereocenters. The van der Waals surface area contributed by atoms with Crippen LogP contribution in [0.1, 0.15) is 43.0 Å². The van der Waals surface area contributed by atoms with E-state index < -0.39 is 6.10 Å². The summed E-state index contributed by atoms with van der Waals surface area (Å²) < 4.78 is 1.68. The van der Waals surface area contributed by atoms with Gasteiger partial charge in [0.1, 0.15) is 0 Å². The molecular formula is C21H19N5O. The molecule has 6 nitrogen and oxygen atoms in total. The standard InChI is InChI=1S/C21H19N5O/c1-13(27)20-17-4-2-3-5-19(17)26(25-20)21-23-11-16(12-24-21)18-10-15(8-9-22-18)14-6-7-14/h2-5,8-14,27H,6-7H2,1H3. The van der Waals surface area contributed by atoms with Crippen molar-refractivity contribution in [3.63, 3.8) is 0 Å².